The van der Waals surface area contributed by atoms with Gasteiger partial charge < -0.3 is 15.2 Å². The summed E-state index contributed by atoms with van der Waals surface area (Å²) < 4.78 is 5.40. The quantitative estimate of drug-likeness (QED) is 0.859. The average Bonchev–Trinajstić information content (AvgIpc) is 2.85. The number of benzene rings is 1. The maximum Gasteiger partial charge on any atom is 0.306 e. The number of carbonyl (C=O) groups is 2. The van der Waals surface area contributed by atoms with Crippen LogP contribution in [-0.2, 0) is 9.59 Å². The van der Waals surface area contributed by atoms with E-state index >= 15 is 0 Å². The van der Waals surface area contributed by atoms with E-state index in [-0.39, 0.29) is 24.5 Å². The first kappa shape index (κ1) is 14.4. The molecule has 1 fully saturated rings. The van der Waals surface area contributed by atoms with Crippen molar-refractivity contribution in [2.75, 3.05) is 6.61 Å². The zero-order valence-corrected chi connectivity index (χ0v) is 11.5. The zero-order valence-electron chi connectivity index (χ0n) is 11.5. The third-order valence-corrected chi connectivity index (χ3v) is 3.51. The van der Waals surface area contributed by atoms with Gasteiger partial charge in [0.15, 0.2) is 6.61 Å². The average molecular weight is 277 g/mol. The Morgan fingerprint density at radius 2 is 2.20 bits per heavy atom. The standard InChI is InChI=1S/C15H19NO4/c1-10-3-2-4-13(7-10)20-9-14(17)16-12-6-5-11(8-12)15(18)19/h2-4,7,11-12H,5-6,8-9H2,1H3,(H,16,17)(H,18,19)/t11-,12+/m1/s1. The third-order valence-electron chi connectivity index (χ3n) is 3.51. The Hall–Kier alpha value is -2.04. The summed E-state index contributed by atoms with van der Waals surface area (Å²) in [5.41, 5.74) is 1.07. The van der Waals surface area contributed by atoms with Crippen molar-refractivity contribution < 1.29 is 19.4 Å². The fourth-order valence-corrected chi connectivity index (χ4v) is 2.46. The van der Waals surface area contributed by atoms with E-state index in [0.717, 1.165) is 5.56 Å². The van der Waals surface area contributed by atoms with E-state index in [9.17, 15) is 9.59 Å². The van der Waals surface area contributed by atoms with Crippen molar-refractivity contribution >= 4 is 11.9 Å². The molecule has 0 radical (unpaired) electrons. The third kappa shape index (κ3) is 3.98. The second-order valence-corrected chi connectivity index (χ2v) is 5.22. The highest BCUT2D eigenvalue weighted by molar-refractivity contribution is 5.78. The smallest absolute Gasteiger partial charge is 0.306 e. The number of ether oxygens (including phenoxy) is 1. The van der Waals surface area contributed by atoms with Crippen LogP contribution in [0.15, 0.2) is 24.3 Å². The lowest BCUT2D eigenvalue weighted by Crippen LogP contribution is -2.36. The number of carbonyl (C=O) groups excluding carboxylic acids is 1. The minimum absolute atomic E-state index is 0.0440. The van der Waals surface area contributed by atoms with Crippen molar-refractivity contribution in [3.05, 3.63) is 29.8 Å². The first-order chi connectivity index (χ1) is 9.54. The molecular weight excluding hydrogens is 258 g/mol. The van der Waals surface area contributed by atoms with Crippen LogP contribution in [0.25, 0.3) is 0 Å². The molecule has 1 aliphatic carbocycles. The number of carboxylic acids is 1. The number of rotatable bonds is 5. The van der Waals surface area contributed by atoms with Gasteiger partial charge in [0.05, 0.1) is 5.92 Å². The van der Waals surface area contributed by atoms with E-state index in [4.69, 9.17) is 9.84 Å². The molecule has 1 saturated carbocycles. The van der Waals surface area contributed by atoms with E-state index in [1.807, 2.05) is 25.1 Å². The Morgan fingerprint density at radius 3 is 2.85 bits per heavy atom. The number of hydrogen-bond acceptors (Lipinski definition) is 3. The molecule has 0 saturated heterocycles. The van der Waals surface area contributed by atoms with Crippen LogP contribution < -0.4 is 10.1 Å². The second-order valence-electron chi connectivity index (χ2n) is 5.22. The normalized spacial score (nSPS) is 21.4. The van der Waals surface area contributed by atoms with Crippen LogP contribution in [-0.4, -0.2) is 29.6 Å². The monoisotopic (exact) mass is 277 g/mol. The second kappa shape index (κ2) is 6.41. The fourth-order valence-electron chi connectivity index (χ4n) is 2.46. The largest absolute Gasteiger partial charge is 0.484 e. The van der Waals surface area contributed by atoms with Crippen LogP contribution in [0, 0.1) is 12.8 Å². The number of aryl methyl sites for hydroxylation is 1. The number of hydrogen-bond donors (Lipinski definition) is 2. The van der Waals surface area contributed by atoms with Crippen LogP contribution in [0.2, 0.25) is 0 Å². The molecule has 1 amide bonds. The summed E-state index contributed by atoms with van der Waals surface area (Å²) in [4.78, 5) is 22.6. The Labute approximate surface area is 117 Å². The van der Waals surface area contributed by atoms with Gasteiger partial charge in [0, 0.05) is 6.04 Å². The maximum absolute atomic E-state index is 11.8. The van der Waals surface area contributed by atoms with Crippen LogP contribution in [0.5, 0.6) is 5.75 Å². The van der Waals surface area contributed by atoms with Gasteiger partial charge in [-0.1, -0.05) is 12.1 Å². The topological polar surface area (TPSA) is 75.6 Å². The van der Waals surface area contributed by atoms with E-state index < -0.39 is 5.97 Å². The van der Waals surface area contributed by atoms with Crippen molar-refractivity contribution in [3.8, 4) is 5.75 Å². The molecule has 2 atom stereocenters. The van der Waals surface area contributed by atoms with Gasteiger partial charge in [-0.05, 0) is 43.9 Å². The molecular formula is C15H19NO4. The van der Waals surface area contributed by atoms with Crippen molar-refractivity contribution in [2.45, 2.75) is 32.2 Å². The van der Waals surface area contributed by atoms with Crippen LogP contribution in [0.3, 0.4) is 0 Å². The minimum atomic E-state index is -0.780. The molecule has 0 unspecified atom stereocenters. The summed E-state index contributed by atoms with van der Waals surface area (Å²) >= 11 is 0. The molecule has 2 N–H and O–H groups in total. The van der Waals surface area contributed by atoms with Gasteiger partial charge in [0.1, 0.15) is 5.75 Å². The van der Waals surface area contributed by atoms with E-state index in [1.54, 1.807) is 6.07 Å². The molecule has 0 bridgehead atoms. The summed E-state index contributed by atoms with van der Waals surface area (Å²) in [5, 5.41) is 11.7. The fraction of sp³-hybridized carbons (Fsp3) is 0.467. The van der Waals surface area contributed by atoms with Crippen molar-refractivity contribution in [1.82, 2.24) is 5.32 Å². The van der Waals surface area contributed by atoms with Crippen molar-refractivity contribution in [1.29, 1.82) is 0 Å². The molecule has 1 aliphatic rings. The van der Waals surface area contributed by atoms with Crippen LogP contribution >= 0.6 is 0 Å². The van der Waals surface area contributed by atoms with Gasteiger partial charge in [-0.2, -0.15) is 0 Å². The molecule has 5 heteroatoms. The Bertz CT molecular complexity index is 500. The Balaban J connectivity index is 1.75. The maximum atomic E-state index is 11.8. The zero-order chi connectivity index (χ0) is 14.5. The van der Waals surface area contributed by atoms with Crippen molar-refractivity contribution in [3.63, 3.8) is 0 Å². The summed E-state index contributed by atoms with van der Waals surface area (Å²) in [6.07, 6.45) is 1.84. The summed E-state index contributed by atoms with van der Waals surface area (Å²) in [7, 11) is 0. The predicted molar refractivity (Wildman–Crippen MR) is 73.6 cm³/mol. The number of nitrogens with one attached hydrogen (secondary N) is 1. The van der Waals surface area contributed by atoms with Gasteiger partial charge in [-0.15, -0.1) is 0 Å². The highest BCUT2D eigenvalue weighted by Crippen LogP contribution is 2.25. The molecule has 1 aromatic carbocycles. The van der Waals surface area contributed by atoms with Gasteiger partial charge in [-0.3, -0.25) is 9.59 Å². The molecule has 20 heavy (non-hydrogen) atoms. The molecule has 0 aliphatic heterocycles. The molecule has 0 heterocycles. The Kier molecular flexibility index (Phi) is 4.61. The van der Waals surface area contributed by atoms with E-state index in [1.165, 1.54) is 0 Å². The lowest BCUT2D eigenvalue weighted by Gasteiger charge is -2.13. The lowest BCUT2D eigenvalue weighted by atomic mass is 10.1. The highest BCUT2D eigenvalue weighted by atomic mass is 16.5. The first-order valence-corrected chi connectivity index (χ1v) is 6.76. The van der Waals surface area contributed by atoms with Crippen LogP contribution in [0.4, 0.5) is 0 Å². The molecule has 5 nitrogen and oxygen atoms in total. The molecule has 108 valence electrons. The van der Waals surface area contributed by atoms with Crippen LogP contribution in [0.1, 0.15) is 24.8 Å². The van der Waals surface area contributed by atoms with Gasteiger partial charge >= 0.3 is 5.97 Å². The highest BCUT2D eigenvalue weighted by Gasteiger charge is 2.30. The minimum Gasteiger partial charge on any atom is -0.484 e. The van der Waals surface area contributed by atoms with Crippen molar-refractivity contribution in [2.24, 2.45) is 5.92 Å². The van der Waals surface area contributed by atoms with E-state index in [0.29, 0.717) is 25.0 Å². The number of carboxylic acid groups (broad SMARTS) is 1. The summed E-state index contributed by atoms with van der Waals surface area (Å²) in [6, 6.07) is 7.44. The predicted octanol–water partition coefficient (Wildman–Crippen LogP) is 1.74. The molecule has 2 rings (SSSR count). The van der Waals surface area contributed by atoms with E-state index in [2.05, 4.69) is 5.32 Å². The molecule has 1 aromatic rings. The Morgan fingerprint density at radius 1 is 1.40 bits per heavy atom. The summed E-state index contributed by atoms with van der Waals surface area (Å²) in [5.74, 6) is -0.659. The van der Waals surface area contributed by atoms with Gasteiger partial charge in [-0.25, -0.2) is 0 Å². The lowest BCUT2D eigenvalue weighted by molar-refractivity contribution is -0.141. The SMILES string of the molecule is Cc1cccc(OCC(=O)N[C@H]2CC[C@@H](C(=O)O)C2)c1. The first-order valence-electron chi connectivity index (χ1n) is 6.76. The molecule has 0 spiro atoms. The number of aliphatic carboxylic acids is 1. The number of amides is 1. The van der Waals surface area contributed by atoms with Gasteiger partial charge in [0.25, 0.3) is 5.91 Å². The summed E-state index contributed by atoms with van der Waals surface area (Å²) in [6.45, 7) is 1.91. The molecule has 0 aromatic heterocycles. The van der Waals surface area contributed by atoms with Gasteiger partial charge in [0.2, 0.25) is 0 Å².